The van der Waals surface area contributed by atoms with Crippen molar-refractivity contribution in [1.82, 2.24) is 9.88 Å². The molecule has 8 heteroatoms. The van der Waals surface area contributed by atoms with Crippen LogP contribution in [0.3, 0.4) is 0 Å². The zero-order valence-corrected chi connectivity index (χ0v) is 12.4. The van der Waals surface area contributed by atoms with Gasteiger partial charge in [-0.25, -0.2) is 4.98 Å². The van der Waals surface area contributed by atoms with E-state index in [0.717, 1.165) is 0 Å². The lowest BCUT2D eigenvalue weighted by Gasteiger charge is -2.38. The highest BCUT2D eigenvalue weighted by Crippen LogP contribution is 2.32. The molecule has 0 radical (unpaired) electrons. The molecule has 0 bridgehead atoms. The Hall–Kier alpha value is -2.27. The molecule has 0 aromatic carbocycles. The Morgan fingerprint density at radius 2 is 2.22 bits per heavy atom. The Labute approximate surface area is 130 Å². The van der Waals surface area contributed by atoms with Crippen LogP contribution in [-0.4, -0.2) is 41.7 Å². The van der Waals surface area contributed by atoms with E-state index in [1.807, 2.05) is 6.07 Å². The molecule has 1 aliphatic heterocycles. The van der Waals surface area contributed by atoms with Gasteiger partial charge in [-0.05, 0) is 26.0 Å². The van der Waals surface area contributed by atoms with Gasteiger partial charge in [-0.15, -0.1) is 0 Å². The molecule has 3 heterocycles. The van der Waals surface area contributed by atoms with Crippen molar-refractivity contribution < 1.29 is 17.6 Å². The highest BCUT2D eigenvalue weighted by atomic mass is 19.4. The van der Waals surface area contributed by atoms with Gasteiger partial charge in [0.15, 0.2) is 5.58 Å². The first-order chi connectivity index (χ1) is 10.9. The summed E-state index contributed by atoms with van der Waals surface area (Å²) in [5.41, 5.74) is 0.476. The van der Waals surface area contributed by atoms with E-state index in [-0.39, 0.29) is 18.2 Å². The Morgan fingerprint density at radius 1 is 1.43 bits per heavy atom. The van der Waals surface area contributed by atoms with Gasteiger partial charge in [-0.2, -0.15) is 18.4 Å². The van der Waals surface area contributed by atoms with E-state index in [0.29, 0.717) is 29.8 Å². The van der Waals surface area contributed by atoms with Crippen molar-refractivity contribution in [2.75, 3.05) is 18.9 Å². The van der Waals surface area contributed by atoms with Gasteiger partial charge in [0.25, 0.3) is 0 Å². The fourth-order valence-corrected chi connectivity index (χ4v) is 2.89. The molecule has 0 spiro atoms. The number of anilines is 1. The molecule has 1 saturated heterocycles. The van der Waals surface area contributed by atoms with Crippen LogP contribution >= 0.6 is 0 Å². The largest absolute Gasteiger partial charge is 0.444 e. The molecular formula is C15H15F3N4O. The van der Waals surface area contributed by atoms with Crippen LogP contribution in [0.1, 0.15) is 18.6 Å². The molecule has 2 aromatic heterocycles. The Morgan fingerprint density at radius 3 is 2.91 bits per heavy atom. The van der Waals surface area contributed by atoms with Gasteiger partial charge in [0.05, 0.1) is 6.20 Å². The second kappa shape index (κ2) is 5.74. The number of likely N-dealkylation sites (tertiary alicyclic amines) is 1. The number of hydrogen-bond donors (Lipinski definition) is 1. The summed E-state index contributed by atoms with van der Waals surface area (Å²) in [6.07, 6.45) is -2.18. The molecule has 2 unspecified atom stereocenters. The molecule has 1 fully saturated rings. The fourth-order valence-electron chi connectivity index (χ4n) is 2.89. The molecule has 0 saturated carbocycles. The minimum absolute atomic E-state index is 0.0193. The first kappa shape index (κ1) is 15.6. The summed E-state index contributed by atoms with van der Waals surface area (Å²) in [5.74, 6) is 0.661. The third-order valence-corrected chi connectivity index (χ3v) is 4.11. The van der Waals surface area contributed by atoms with Crippen molar-refractivity contribution in [3.8, 4) is 6.07 Å². The molecule has 1 aliphatic rings. The predicted molar refractivity (Wildman–Crippen MR) is 77.8 cm³/mol. The average Bonchev–Trinajstić information content (AvgIpc) is 2.90. The second-order valence-electron chi connectivity index (χ2n) is 5.73. The summed E-state index contributed by atoms with van der Waals surface area (Å²) in [6.45, 7) is 0.369. The first-order valence-corrected chi connectivity index (χ1v) is 7.20. The summed E-state index contributed by atoms with van der Waals surface area (Å²) >= 11 is 0. The van der Waals surface area contributed by atoms with Gasteiger partial charge in [0.1, 0.15) is 17.9 Å². The maximum atomic E-state index is 13.0. The molecule has 122 valence electrons. The first-order valence-electron chi connectivity index (χ1n) is 7.20. The maximum absolute atomic E-state index is 13.0. The number of furan rings is 1. The van der Waals surface area contributed by atoms with E-state index in [4.69, 9.17) is 9.68 Å². The summed E-state index contributed by atoms with van der Waals surface area (Å²) < 4.78 is 44.3. The zero-order chi connectivity index (χ0) is 16.6. The predicted octanol–water partition coefficient (Wildman–Crippen LogP) is 3.14. The van der Waals surface area contributed by atoms with Crippen LogP contribution in [0.4, 0.5) is 19.0 Å². The molecule has 1 N–H and O–H groups in total. The average molecular weight is 324 g/mol. The van der Waals surface area contributed by atoms with Crippen LogP contribution in [0, 0.1) is 11.3 Å². The number of alkyl halides is 3. The topological polar surface area (TPSA) is 65.1 Å². The zero-order valence-electron chi connectivity index (χ0n) is 12.4. The number of hydrogen-bond acceptors (Lipinski definition) is 5. The molecular weight excluding hydrogens is 309 g/mol. The number of piperidine rings is 1. The van der Waals surface area contributed by atoms with Crippen molar-refractivity contribution in [3.05, 3.63) is 24.1 Å². The highest BCUT2D eigenvalue weighted by molar-refractivity contribution is 5.80. The fraction of sp³-hybridized carbons (Fsp3) is 0.467. The molecule has 2 aromatic rings. The van der Waals surface area contributed by atoms with Crippen LogP contribution < -0.4 is 5.32 Å². The van der Waals surface area contributed by atoms with Crippen molar-refractivity contribution >= 4 is 16.8 Å². The second-order valence-corrected chi connectivity index (χ2v) is 5.73. The lowest BCUT2D eigenvalue weighted by Crippen LogP contribution is -2.51. The number of halogens is 3. The van der Waals surface area contributed by atoms with Crippen LogP contribution in [0.5, 0.6) is 0 Å². The van der Waals surface area contributed by atoms with Crippen molar-refractivity contribution in [2.45, 2.75) is 31.1 Å². The molecule has 5 nitrogen and oxygen atoms in total. The van der Waals surface area contributed by atoms with E-state index < -0.39 is 12.2 Å². The smallest absolute Gasteiger partial charge is 0.404 e. The quantitative estimate of drug-likeness (QED) is 0.919. The number of fused-ring (bicyclic) bond motifs is 1. The molecule has 0 amide bonds. The van der Waals surface area contributed by atoms with Crippen LogP contribution in [0.15, 0.2) is 22.7 Å². The Bertz CT molecular complexity index is 749. The van der Waals surface area contributed by atoms with Crippen molar-refractivity contribution in [2.24, 2.45) is 0 Å². The van der Waals surface area contributed by atoms with Crippen LogP contribution in [0.25, 0.3) is 11.0 Å². The normalized spacial score (nSPS) is 22.9. The highest BCUT2D eigenvalue weighted by Gasteiger charge is 2.45. The van der Waals surface area contributed by atoms with Gasteiger partial charge in [-0.3, -0.25) is 4.90 Å². The monoisotopic (exact) mass is 324 g/mol. The van der Waals surface area contributed by atoms with Crippen molar-refractivity contribution in [3.63, 3.8) is 0 Å². The summed E-state index contributed by atoms with van der Waals surface area (Å²) in [6, 6.07) is 3.41. The number of pyridine rings is 1. The van der Waals surface area contributed by atoms with Crippen LogP contribution in [-0.2, 0) is 0 Å². The van der Waals surface area contributed by atoms with Gasteiger partial charge in [0.2, 0.25) is 5.76 Å². The third-order valence-electron chi connectivity index (χ3n) is 4.11. The molecule has 3 rings (SSSR count). The van der Waals surface area contributed by atoms with E-state index in [1.165, 1.54) is 18.1 Å². The van der Waals surface area contributed by atoms with E-state index in [1.54, 1.807) is 12.1 Å². The summed E-state index contributed by atoms with van der Waals surface area (Å²) in [7, 11) is 1.49. The minimum Gasteiger partial charge on any atom is -0.444 e. The summed E-state index contributed by atoms with van der Waals surface area (Å²) in [5, 5.41) is 12.6. The molecule has 23 heavy (non-hydrogen) atoms. The third kappa shape index (κ3) is 3.24. The summed E-state index contributed by atoms with van der Waals surface area (Å²) in [4.78, 5) is 5.48. The van der Waals surface area contributed by atoms with E-state index >= 15 is 0 Å². The Kier molecular flexibility index (Phi) is 3.90. The van der Waals surface area contributed by atoms with E-state index in [2.05, 4.69) is 10.3 Å². The van der Waals surface area contributed by atoms with Crippen LogP contribution in [0.2, 0.25) is 0 Å². The number of rotatable bonds is 2. The number of nitrogens with zero attached hydrogens (tertiary/aromatic N) is 3. The Balaban J connectivity index is 1.75. The maximum Gasteiger partial charge on any atom is 0.404 e. The van der Waals surface area contributed by atoms with Gasteiger partial charge in [-0.1, -0.05) is 0 Å². The number of nitrogens with one attached hydrogen (secondary N) is 1. The van der Waals surface area contributed by atoms with Crippen molar-refractivity contribution in [1.29, 1.82) is 5.26 Å². The standard InChI is InChI=1S/C15H15F3N4O/c1-22-3-2-10(6-13(22)15(16,17)18)21-14-5-9-4-11(7-19)23-12(9)8-20-14/h4-5,8,10,13H,2-3,6H2,1H3,(H,20,21). The molecule has 0 aliphatic carbocycles. The lowest BCUT2D eigenvalue weighted by molar-refractivity contribution is -0.187. The number of aromatic nitrogens is 1. The van der Waals surface area contributed by atoms with Gasteiger partial charge in [0, 0.05) is 24.0 Å². The SMILES string of the molecule is CN1CCC(Nc2cc3cc(C#N)oc3cn2)CC1C(F)(F)F. The number of nitriles is 1. The lowest BCUT2D eigenvalue weighted by atomic mass is 9.97. The van der Waals surface area contributed by atoms with E-state index in [9.17, 15) is 13.2 Å². The van der Waals surface area contributed by atoms with Gasteiger partial charge >= 0.3 is 6.18 Å². The van der Waals surface area contributed by atoms with Gasteiger partial charge < -0.3 is 9.73 Å². The molecule has 2 atom stereocenters. The minimum atomic E-state index is -4.24.